The number of rotatable bonds is 9. The summed E-state index contributed by atoms with van der Waals surface area (Å²) in [5, 5.41) is 3.33. The summed E-state index contributed by atoms with van der Waals surface area (Å²) in [6.07, 6.45) is 4.92. The van der Waals surface area contributed by atoms with Gasteiger partial charge in [-0.3, -0.25) is 0 Å². The summed E-state index contributed by atoms with van der Waals surface area (Å²) in [5.41, 5.74) is 1.79. The lowest BCUT2D eigenvalue weighted by molar-refractivity contribution is 0.113. The minimum atomic E-state index is -0.161. The minimum Gasteiger partial charge on any atom is -0.377 e. The lowest BCUT2D eigenvalue weighted by atomic mass is 10.1. The van der Waals surface area contributed by atoms with Crippen LogP contribution in [0.5, 0.6) is 0 Å². The van der Waals surface area contributed by atoms with E-state index >= 15 is 0 Å². The van der Waals surface area contributed by atoms with Crippen LogP contribution in [0.1, 0.15) is 43.7 Å². The van der Waals surface area contributed by atoms with Gasteiger partial charge in [0.1, 0.15) is 5.82 Å². The third-order valence-corrected chi connectivity index (χ3v) is 3.49. The molecule has 1 aromatic rings. The Bertz CT molecular complexity index is 390. The molecule has 0 radical (unpaired) electrons. The van der Waals surface area contributed by atoms with Crippen LogP contribution in [0.3, 0.4) is 0 Å². The zero-order valence-electron chi connectivity index (χ0n) is 11.8. The van der Waals surface area contributed by atoms with Crippen LogP contribution in [-0.4, -0.2) is 13.2 Å². The average Bonchev–Trinajstić information content (AvgIpc) is 3.22. The number of benzene rings is 1. The van der Waals surface area contributed by atoms with Crippen LogP contribution >= 0.6 is 0 Å². The van der Waals surface area contributed by atoms with Crippen LogP contribution in [0.4, 0.5) is 4.39 Å². The summed E-state index contributed by atoms with van der Waals surface area (Å²) in [6.45, 7) is 5.06. The molecule has 0 bridgehead atoms. The van der Waals surface area contributed by atoms with E-state index in [1.54, 1.807) is 6.07 Å². The van der Waals surface area contributed by atoms with E-state index in [4.69, 9.17) is 4.74 Å². The van der Waals surface area contributed by atoms with Gasteiger partial charge in [0.25, 0.3) is 0 Å². The van der Waals surface area contributed by atoms with E-state index in [0.717, 1.165) is 44.0 Å². The number of halogens is 1. The first-order chi connectivity index (χ1) is 9.29. The molecule has 1 aliphatic carbocycles. The summed E-state index contributed by atoms with van der Waals surface area (Å²) in [7, 11) is 0. The maximum Gasteiger partial charge on any atom is 0.128 e. The lowest BCUT2D eigenvalue weighted by Crippen LogP contribution is -2.14. The van der Waals surface area contributed by atoms with Gasteiger partial charge in [0.05, 0.1) is 6.61 Å². The van der Waals surface area contributed by atoms with Crippen molar-refractivity contribution in [2.45, 2.75) is 45.8 Å². The van der Waals surface area contributed by atoms with Gasteiger partial charge in [-0.05, 0) is 43.0 Å². The van der Waals surface area contributed by atoms with Gasteiger partial charge in [-0.15, -0.1) is 0 Å². The van der Waals surface area contributed by atoms with Crippen molar-refractivity contribution in [2.75, 3.05) is 13.2 Å². The summed E-state index contributed by atoms with van der Waals surface area (Å²) in [4.78, 5) is 0. The zero-order valence-corrected chi connectivity index (χ0v) is 11.8. The smallest absolute Gasteiger partial charge is 0.128 e. The Morgan fingerprint density at radius 2 is 2.21 bits per heavy atom. The van der Waals surface area contributed by atoms with Crippen LogP contribution in [0.15, 0.2) is 18.2 Å². The number of ether oxygens (including phenoxy) is 1. The predicted molar refractivity (Wildman–Crippen MR) is 75.4 cm³/mol. The Morgan fingerprint density at radius 3 is 2.95 bits per heavy atom. The first-order valence-electron chi connectivity index (χ1n) is 7.35. The lowest BCUT2D eigenvalue weighted by Gasteiger charge is -2.08. The van der Waals surface area contributed by atoms with Crippen molar-refractivity contribution in [1.29, 1.82) is 0 Å². The third kappa shape index (κ3) is 5.29. The van der Waals surface area contributed by atoms with Crippen molar-refractivity contribution >= 4 is 0 Å². The average molecular weight is 265 g/mol. The second kappa shape index (κ2) is 7.61. The Kier molecular flexibility index (Phi) is 5.80. The van der Waals surface area contributed by atoms with Gasteiger partial charge in [0.2, 0.25) is 0 Å². The molecule has 0 heterocycles. The first kappa shape index (κ1) is 14.5. The fraction of sp³-hybridized carbons (Fsp3) is 0.625. The molecule has 0 spiro atoms. The van der Waals surface area contributed by atoms with Gasteiger partial charge < -0.3 is 10.1 Å². The monoisotopic (exact) mass is 265 g/mol. The van der Waals surface area contributed by atoms with E-state index in [9.17, 15) is 4.39 Å². The summed E-state index contributed by atoms with van der Waals surface area (Å²) >= 11 is 0. The molecular formula is C16H24FNO. The van der Waals surface area contributed by atoms with Crippen LogP contribution in [0.2, 0.25) is 0 Å². The molecule has 2 nitrogen and oxygen atoms in total. The fourth-order valence-electron chi connectivity index (χ4n) is 2.10. The van der Waals surface area contributed by atoms with Crippen molar-refractivity contribution in [1.82, 2.24) is 5.32 Å². The van der Waals surface area contributed by atoms with Crippen LogP contribution in [0, 0.1) is 11.7 Å². The molecule has 1 aromatic carbocycles. The van der Waals surface area contributed by atoms with Crippen LogP contribution in [0.25, 0.3) is 0 Å². The molecular weight excluding hydrogens is 241 g/mol. The maximum absolute atomic E-state index is 13.7. The molecule has 106 valence electrons. The van der Waals surface area contributed by atoms with Crippen molar-refractivity contribution in [3.05, 3.63) is 35.1 Å². The van der Waals surface area contributed by atoms with Gasteiger partial charge in [0, 0.05) is 18.7 Å². The molecule has 0 unspecified atom stereocenters. The highest BCUT2D eigenvalue weighted by Crippen LogP contribution is 2.32. The first-order valence-corrected chi connectivity index (χ1v) is 7.35. The second-order valence-corrected chi connectivity index (χ2v) is 5.39. The summed E-state index contributed by atoms with van der Waals surface area (Å²) in [6, 6.07) is 5.29. The highest BCUT2D eigenvalue weighted by molar-refractivity contribution is 5.24. The Balaban J connectivity index is 1.77. The summed E-state index contributed by atoms with van der Waals surface area (Å²) < 4.78 is 19.2. The highest BCUT2D eigenvalue weighted by Gasteiger charge is 2.20. The van der Waals surface area contributed by atoms with Gasteiger partial charge in [-0.25, -0.2) is 4.39 Å². The quantitative estimate of drug-likeness (QED) is 0.688. The molecule has 1 saturated carbocycles. The summed E-state index contributed by atoms with van der Waals surface area (Å²) in [5.74, 6) is 0.708. The van der Waals surface area contributed by atoms with E-state index in [-0.39, 0.29) is 5.82 Å². The zero-order chi connectivity index (χ0) is 13.5. The molecule has 1 N–H and O–H groups in total. The molecule has 1 fully saturated rings. The van der Waals surface area contributed by atoms with Crippen molar-refractivity contribution in [3.8, 4) is 0 Å². The second-order valence-electron chi connectivity index (χ2n) is 5.39. The third-order valence-electron chi connectivity index (χ3n) is 3.49. The van der Waals surface area contributed by atoms with Crippen LogP contribution < -0.4 is 5.32 Å². The molecule has 0 saturated heterocycles. The van der Waals surface area contributed by atoms with E-state index in [0.29, 0.717) is 12.2 Å². The molecule has 0 aliphatic heterocycles. The topological polar surface area (TPSA) is 21.3 Å². The predicted octanol–water partition coefficient (Wildman–Crippen LogP) is 3.64. The van der Waals surface area contributed by atoms with Crippen LogP contribution in [-0.2, 0) is 17.9 Å². The van der Waals surface area contributed by atoms with Crippen molar-refractivity contribution < 1.29 is 9.13 Å². The Morgan fingerprint density at radius 1 is 1.37 bits per heavy atom. The van der Waals surface area contributed by atoms with E-state index < -0.39 is 0 Å². The molecule has 19 heavy (non-hydrogen) atoms. The molecule has 0 amide bonds. The van der Waals surface area contributed by atoms with Gasteiger partial charge in [-0.2, -0.15) is 0 Å². The molecule has 1 aliphatic rings. The highest BCUT2D eigenvalue weighted by atomic mass is 19.1. The molecule has 2 rings (SSSR count). The van der Waals surface area contributed by atoms with Gasteiger partial charge in [0.15, 0.2) is 0 Å². The maximum atomic E-state index is 13.7. The van der Waals surface area contributed by atoms with Gasteiger partial charge in [-0.1, -0.05) is 25.8 Å². The van der Waals surface area contributed by atoms with E-state index in [1.807, 2.05) is 12.1 Å². The normalized spacial score (nSPS) is 14.8. The number of hydrogen-bond donors (Lipinski definition) is 1. The SMILES string of the molecule is CCCNCc1ccc(F)c(COCCC2CC2)c1. The molecule has 0 atom stereocenters. The number of nitrogens with one attached hydrogen (secondary N) is 1. The fourth-order valence-corrected chi connectivity index (χ4v) is 2.10. The Hall–Kier alpha value is -0.930. The Labute approximate surface area is 115 Å². The van der Waals surface area contributed by atoms with Gasteiger partial charge >= 0.3 is 0 Å². The number of hydrogen-bond acceptors (Lipinski definition) is 2. The minimum absolute atomic E-state index is 0.161. The molecule has 3 heteroatoms. The van der Waals surface area contributed by atoms with E-state index in [2.05, 4.69) is 12.2 Å². The molecule has 0 aromatic heterocycles. The standard InChI is InChI=1S/C16H24FNO/c1-2-8-18-11-14-5-6-16(17)15(10-14)12-19-9-7-13-3-4-13/h5-6,10,13,18H,2-4,7-9,11-12H2,1H3. The van der Waals surface area contributed by atoms with Crippen molar-refractivity contribution in [3.63, 3.8) is 0 Å². The van der Waals surface area contributed by atoms with Crippen molar-refractivity contribution in [2.24, 2.45) is 5.92 Å². The van der Waals surface area contributed by atoms with E-state index in [1.165, 1.54) is 12.8 Å². The largest absolute Gasteiger partial charge is 0.377 e.